The first kappa shape index (κ1) is 20.6. The van der Waals surface area contributed by atoms with Crippen LogP contribution in [0.15, 0.2) is 25.3 Å². The van der Waals surface area contributed by atoms with Gasteiger partial charge in [0.05, 0.1) is 13.2 Å². The molecule has 7 heteroatoms. The standard InChI is InChI=1S/C16H23NO6/c1-4-15(20)22-11-7-6-9-14(19)17(13(3)18)10-8-12-23-16(21)5-2/h4-5H,1-2,6-12H2,3H3. The first-order chi connectivity index (χ1) is 10.9. The van der Waals surface area contributed by atoms with Crippen molar-refractivity contribution < 1.29 is 28.7 Å². The Morgan fingerprint density at radius 3 is 1.91 bits per heavy atom. The van der Waals surface area contributed by atoms with Gasteiger partial charge in [0, 0.05) is 32.0 Å². The van der Waals surface area contributed by atoms with Crippen molar-refractivity contribution in [1.29, 1.82) is 0 Å². The summed E-state index contributed by atoms with van der Waals surface area (Å²) in [5, 5.41) is 0. The van der Waals surface area contributed by atoms with Crippen molar-refractivity contribution in [2.45, 2.75) is 32.6 Å². The van der Waals surface area contributed by atoms with Gasteiger partial charge in [-0.25, -0.2) is 9.59 Å². The summed E-state index contributed by atoms with van der Waals surface area (Å²) in [4.78, 5) is 46.3. The van der Waals surface area contributed by atoms with Crippen molar-refractivity contribution in [3.63, 3.8) is 0 Å². The van der Waals surface area contributed by atoms with Crippen molar-refractivity contribution in [2.75, 3.05) is 19.8 Å². The normalized spacial score (nSPS) is 9.61. The van der Waals surface area contributed by atoms with Crippen LogP contribution >= 0.6 is 0 Å². The molecule has 2 amide bonds. The van der Waals surface area contributed by atoms with Crippen LogP contribution in [0.5, 0.6) is 0 Å². The molecule has 0 bridgehead atoms. The molecule has 0 fully saturated rings. The molecule has 0 saturated carbocycles. The Morgan fingerprint density at radius 2 is 1.43 bits per heavy atom. The molecule has 128 valence electrons. The molecule has 0 unspecified atom stereocenters. The van der Waals surface area contributed by atoms with Gasteiger partial charge in [-0.1, -0.05) is 13.2 Å². The maximum Gasteiger partial charge on any atom is 0.330 e. The van der Waals surface area contributed by atoms with Crippen LogP contribution in [0.3, 0.4) is 0 Å². The lowest BCUT2D eigenvalue weighted by molar-refractivity contribution is -0.143. The third-order valence-electron chi connectivity index (χ3n) is 2.81. The summed E-state index contributed by atoms with van der Waals surface area (Å²) >= 11 is 0. The average Bonchev–Trinajstić information content (AvgIpc) is 2.53. The first-order valence-electron chi connectivity index (χ1n) is 7.31. The Morgan fingerprint density at radius 1 is 0.913 bits per heavy atom. The van der Waals surface area contributed by atoms with E-state index in [1.807, 2.05) is 0 Å². The van der Waals surface area contributed by atoms with Crippen LogP contribution in [0.25, 0.3) is 0 Å². The molecule has 0 aromatic heterocycles. The van der Waals surface area contributed by atoms with Crippen molar-refractivity contribution in [3.8, 4) is 0 Å². The van der Waals surface area contributed by atoms with Crippen LogP contribution < -0.4 is 0 Å². The lowest BCUT2D eigenvalue weighted by Crippen LogP contribution is -2.36. The number of esters is 2. The lowest BCUT2D eigenvalue weighted by atomic mass is 10.2. The van der Waals surface area contributed by atoms with Crippen LogP contribution in [-0.2, 0) is 28.7 Å². The van der Waals surface area contributed by atoms with Crippen molar-refractivity contribution in [3.05, 3.63) is 25.3 Å². The predicted molar refractivity (Wildman–Crippen MR) is 83.2 cm³/mol. The highest BCUT2D eigenvalue weighted by atomic mass is 16.5. The quantitative estimate of drug-likeness (QED) is 0.324. The Kier molecular flexibility index (Phi) is 10.9. The molecule has 0 aliphatic heterocycles. The summed E-state index contributed by atoms with van der Waals surface area (Å²) in [7, 11) is 0. The van der Waals surface area contributed by atoms with Crippen molar-refractivity contribution in [2.24, 2.45) is 0 Å². The minimum absolute atomic E-state index is 0.111. The number of amides is 2. The van der Waals surface area contributed by atoms with Crippen LogP contribution in [0.4, 0.5) is 0 Å². The minimum Gasteiger partial charge on any atom is -0.463 e. The van der Waals surface area contributed by atoms with Gasteiger partial charge in [0.2, 0.25) is 11.8 Å². The maximum atomic E-state index is 12.0. The lowest BCUT2D eigenvalue weighted by Gasteiger charge is -2.19. The number of hydrogen-bond donors (Lipinski definition) is 0. The molecule has 0 aliphatic carbocycles. The summed E-state index contributed by atoms with van der Waals surface area (Å²) < 4.78 is 9.57. The molecule has 0 saturated heterocycles. The van der Waals surface area contributed by atoms with Gasteiger partial charge in [-0.3, -0.25) is 14.5 Å². The number of nitrogens with zero attached hydrogens (tertiary/aromatic N) is 1. The largest absolute Gasteiger partial charge is 0.463 e. The monoisotopic (exact) mass is 325 g/mol. The van der Waals surface area contributed by atoms with E-state index in [1.165, 1.54) is 6.92 Å². The van der Waals surface area contributed by atoms with Gasteiger partial charge in [0.15, 0.2) is 0 Å². The third kappa shape index (κ3) is 10.00. The number of imide groups is 1. The average molecular weight is 325 g/mol. The van der Waals surface area contributed by atoms with E-state index >= 15 is 0 Å². The van der Waals surface area contributed by atoms with Gasteiger partial charge < -0.3 is 9.47 Å². The van der Waals surface area contributed by atoms with E-state index in [0.717, 1.165) is 17.1 Å². The van der Waals surface area contributed by atoms with Gasteiger partial charge in [-0.15, -0.1) is 0 Å². The SMILES string of the molecule is C=CC(=O)OCCCCC(=O)N(CCCOC(=O)C=C)C(C)=O. The van der Waals surface area contributed by atoms with Gasteiger partial charge in [0.25, 0.3) is 0 Å². The van der Waals surface area contributed by atoms with Crippen LogP contribution in [0.1, 0.15) is 32.6 Å². The first-order valence-corrected chi connectivity index (χ1v) is 7.31. The molecule has 0 rings (SSSR count). The number of hydrogen-bond acceptors (Lipinski definition) is 6. The van der Waals surface area contributed by atoms with Crippen molar-refractivity contribution in [1.82, 2.24) is 4.90 Å². The second-order valence-electron chi connectivity index (χ2n) is 4.62. The summed E-state index contributed by atoms with van der Waals surface area (Å²) in [5.41, 5.74) is 0. The second kappa shape index (κ2) is 12.1. The van der Waals surface area contributed by atoms with E-state index in [2.05, 4.69) is 13.2 Å². The zero-order valence-electron chi connectivity index (χ0n) is 13.4. The Balaban J connectivity index is 4.03. The fraction of sp³-hybridized carbons (Fsp3) is 0.500. The van der Waals surface area contributed by atoms with Crippen LogP contribution in [0, 0.1) is 0 Å². The van der Waals surface area contributed by atoms with Gasteiger partial charge in [-0.05, 0) is 19.3 Å². The molecule has 0 atom stereocenters. The van der Waals surface area contributed by atoms with Gasteiger partial charge in [0.1, 0.15) is 0 Å². The topological polar surface area (TPSA) is 90.0 Å². The molecule has 0 N–H and O–H groups in total. The predicted octanol–water partition coefficient (Wildman–Crippen LogP) is 1.38. The zero-order valence-corrected chi connectivity index (χ0v) is 13.4. The Bertz CT molecular complexity index is 457. The highest BCUT2D eigenvalue weighted by Gasteiger charge is 2.17. The van der Waals surface area contributed by atoms with Crippen molar-refractivity contribution >= 4 is 23.8 Å². The maximum absolute atomic E-state index is 12.0. The number of carbonyl (C=O) groups is 4. The highest BCUT2D eigenvalue weighted by molar-refractivity contribution is 5.94. The fourth-order valence-corrected chi connectivity index (χ4v) is 1.66. The second-order valence-corrected chi connectivity index (χ2v) is 4.62. The summed E-state index contributed by atoms with van der Waals surface area (Å²) in [6, 6.07) is 0. The fourth-order valence-electron chi connectivity index (χ4n) is 1.66. The van der Waals surface area contributed by atoms with E-state index in [1.54, 1.807) is 0 Å². The van der Waals surface area contributed by atoms with Gasteiger partial charge >= 0.3 is 11.9 Å². The van der Waals surface area contributed by atoms with E-state index in [4.69, 9.17) is 9.47 Å². The number of ether oxygens (including phenoxy) is 2. The molecule has 0 aliphatic rings. The number of rotatable bonds is 11. The molecule has 0 aromatic rings. The Hall–Kier alpha value is -2.44. The molecule has 0 radical (unpaired) electrons. The van der Waals surface area contributed by atoms with E-state index in [9.17, 15) is 19.2 Å². The number of unbranched alkanes of at least 4 members (excludes halogenated alkanes) is 1. The van der Waals surface area contributed by atoms with Crippen LogP contribution in [-0.4, -0.2) is 48.4 Å². The molecule has 0 heterocycles. The van der Waals surface area contributed by atoms with Gasteiger partial charge in [-0.2, -0.15) is 0 Å². The Labute approximate surface area is 135 Å². The summed E-state index contributed by atoms with van der Waals surface area (Å²) in [5.74, 6) is -1.71. The molecule has 23 heavy (non-hydrogen) atoms. The molecular formula is C16H23NO6. The zero-order chi connectivity index (χ0) is 17.7. The van der Waals surface area contributed by atoms with E-state index < -0.39 is 11.9 Å². The molecule has 7 nitrogen and oxygen atoms in total. The number of carbonyl (C=O) groups excluding carboxylic acids is 4. The third-order valence-corrected chi connectivity index (χ3v) is 2.81. The summed E-state index contributed by atoms with van der Waals surface area (Å²) in [6.45, 7) is 8.34. The minimum atomic E-state index is -0.542. The van der Waals surface area contributed by atoms with E-state index in [0.29, 0.717) is 19.3 Å². The molecular weight excluding hydrogens is 302 g/mol. The van der Waals surface area contributed by atoms with Crippen LogP contribution in [0.2, 0.25) is 0 Å². The highest BCUT2D eigenvalue weighted by Crippen LogP contribution is 2.04. The van der Waals surface area contributed by atoms with E-state index in [-0.39, 0.29) is 38.0 Å². The smallest absolute Gasteiger partial charge is 0.330 e. The summed E-state index contributed by atoms with van der Waals surface area (Å²) in [6.07, 6.45) is 3.68. The molecule has 0 spiro atoms. The molecule has 0 aromatic carbocycles.